The van der Waals surface area contributed by atoms with Gasteiger partial charge in [0.1, 0.15) is 5.78 Å². The molecule has 1 rings (SSSR count). The quantitative estimate of drug-likeness (QED) is 0.827. The predicted octanol–water partition coefficient (Wildman–Crippen LogP) is 3.87. The molecule has 1 atom stereocenters. The van der Waals surface area contributed by atoms with E-state index in [9.17, 15) is 4.79 Å². The molecule has 0 bridgehead atoms. The average molecular weight is 288 g/mol. The van der Waals surface area contributed by atoms with Gasteiger partial charge < -0.3 is 5.73 Å². The van der Waals surface area contributed by atoms with Crippen molar-refractivity contribution in [2.75, 3.05) is 6.54 Å². The van der Waals surface area contributed by atoms with Crippen molar-refractivity contribution in [3.05, 3.63) is 33.8 Å². The molecular weight excluding hydrogens is 269 g/mol. The van der Waals surface area contributed by atoms with Crippen LogP contribution >= 0.6 is 23.2 Å². The number of carbonyl (C=O) groups excluding carboxylic acids is 1. The Balaban J connectivity index is 2.44. The van der Waals surface area contributed by atoms with Crippen LogP contribution in [0, 0.1) is 5.92 Å². The molecule has 0 saturated carbocycles. The van der Waals surface area contributed by atoms with Crippen LogP contribution in [0.25, 0.3) is 0 Å². The van der Waals surface area contributed by atoms with Crippen molar-refractivity contribution < 1.29 is 4.79 Å². The average Bonchev–Trinajstić information content (AvgIpc) is 2.31. The van der Waals surface area contributed by atoms with Crippen LogP contribution in [0.1, 0.15) is 31.7 Å². The zero-order valence-corrected chi connectivity index (χ0v) is 12.1. The van der Waals surface area contributed by atoms with Crippen molar-refractivity contribution in [1.29, 1.82) is 0 Å². The van der Waals surface area contributed by atoms with E-state index < -0.39 is 0 Å². The van der Waals surface area contributed by atoms with Gasteiger partial charge in [0, 0.05) is 22.9 Å². The van der Waals surface area contributed by atoms with E-state index in [1.165, 1.54) is 0 Å². The SMILES string of the molecule is CC(CCN)CCC(=O)Cc1ccc(Cl)cc1Cl. The smallest absolute Gasteiger partial charge is 0.137 e. The van der Waals surface area contributed by atoms with E-state index >= 15 is 0 Å². The lowest BCUT2D eigenvalue weighted by molar-refractivity contribution is -0.118. The van der Waals surface area contributed by atoms with Crippen LogP contribution in [0.15, 0.2) is 18.2 Å². The topological polar surface area (TPSA) is 43.1 Å². The molecule has 4 heteroatoms. The van der Waals surface area contributed by atoms with Gasteiger partial charge in [0.15, 0.2) is 0 Å². The van der Waals surface area contributed by atoms with Crippen LogP contribution in [0.4, 0.5) is 0 Å². The Morgan fingerprint density at radius 2 is 2.06 bits per heavy atom. The van der Waals surface area contributed by atoms with E-state index in [1.807, 2.05) is 6.07 Å². The summed E-state index contributed by atoms with van der Waals surface area (Å²) in [5.41, 5.74) is 6.32. The van der Waals surface area contributed by atoms with Gasteiger partial charge in [-0.25, -0.2) is 0 Å². The molecule has 1 unspecified atom stereocenters. The monoisotopic (exact) mass is 287 g/mol. The largest absolute Gasteiger partial charge is 0.330 e. The molecule has 0 amide bonds. The number of benzene rings is 1. The Bertz CT molecular complexity index is 407. The summed E-state index contributed by atoms with van der Waals surface area (Å²) < 4.78 is 0. The maximum Gasteiger partial charge on any atom is 0.137 e. The van der Waals surface area contributed by atoms with Gasteiger partial charge in [0.05, 0.1) is 0 Å². The minimum absolute atomic E-state index is 0.211. The Kier molecular flexibility index (Phi) is 6.69. The number of Topliss-reactive ketones (excluding diaryl/α,β-unsaturated/α-hetero) is 1. The van der Waals surface area contributed by atoms with Gasteiger partial charge in [-0.1, -0.05) is 36.2 Å². The summed E-state index contributed by atoms with van der Waals surface area (Å²) in [7, 11) is 0. The van der Waals surface area contributed by atoms with Crippen molar-refractivity contribution in [3.8, 4) is 0 Å². The molecule has 0 heterocycles. The molecule has 1 aromatic carbocycles. The first-order valence-electron chi connectivity index (χ1n) is 6.18. The minimum atomic E-state index is 0.211. The Morgan fingerprint density at radius 1 is 1.33 bits per heavy atom. The molecule has 2 N–H and O–H groups in total. The highest BCUT2D eigenvalue weighted by Gasteiger charge is 2.09. The second-order valence-electron chi connectivity index (χ2n) is 4.67. The lowest BCUT2D eigenvalue weighted by Gasteiger charge is -2.09. The molecule has 18 heavy (non-hydrogen) atoms. The minimum Gasteiger partial charge on any atom is -0.330 e. The second-order valence-corrected chi connectivity index (χ2v) is 5.52. The molecule has 2 nitrogen and oxygen atoms in total. The van der Waals surface area contributed by atoms with E-state index in [0.717, 1.165) is 18.4 Å². The van der Waals surface area contributed by atoms with Crippen LogP contribution in [0.5, 0.6) is 0 Å². The molecule has 0 radical (unpaired) electrons. The molecule has 0 saturated heterocycles. The van der Waals surface area contributed by atoms with Crippen LogP contribution in [-0.4, -0.2) is 12.3 Å². The summed E-state index contributed by atoms with van der Waals surface area (Å²) in [6.45, 7) is 2.80. The molecule has 0 aliphatic heterocycles. The van der Waals surface area contributed by atoms with Crippen LogP contribution in [0.2, 0.25) is 10.0 Å². The number of hydrogen-bond donors (Lipinski definition) is 1. The molecule has 0 aromatic heterocycles. The fourth-order valence-electron chi connectivity index (χ4n) is 1.80. The zero-order chi connectivity index (χ0) is 13.5. The van der Waals surface area contributed by atoms with Gasteiger partial charge in [-0.3, -0.25) is 4.79 Å². The second kappa shape index (κ2) is 7.78. The molecule has 0 aliphatic rings. The van der Waals surface area contributed by atoms with Gasteiger partial charge in [-0.2, -0.15) is 0 Å². The van der Waals surface area contributed by atoms with Crippen LogP contribution < -0.4 is 5.73 Å². The number of nitrogens with two attached hydrogens (primary N) is 1. The summed E-state index contributed by atoms with van der Waals surface area (Å²) in [5.74, 6) is 0.711. The van der Waals surface area contributed by atoms with E-state index in [-0.39, 0.29) is 5.78 Å². The van der Waals surface area contributed by atoms with E-state index in [4.69, 9.17) is 28.9 Å². The van der Waals surface area contributed by atoms with Crippen LogP contribution in [-0.2, 0) is 11.2 Å². The normalized spacial score (nSPS) is 12.4. The lowest BCUT2D eigenvalue weighted by Crippen LogP contribution is -2.09. The number of carbonyl (C=O) groups is 1. The summed E-state index contributed by atoms with van der Waals surface area (Å²) >= 11 is 11.8. The molecule has 0 fully saturated rings. The highest BCUT2D eigenvalue weighted by Crippen LogP contribution is 2.22. The molecule has 0 spiro atoms. The Morgan fingerprint density at radius 3 is 2.67 bits per heavy atom. The number of halogens is 2. The highest BCUT2D eigenvalue weighted by molar-refractivity contribution is 6.35. The Labute approximate surface area is 118 Å². The fourth-order valence-corrected chi connectivity index (χ4v) is 2.28. The van der Waals surface area contributed by atoms with E-state index in [0.29, 0.717) is 35.3 Å². The maximum absolute atomic E-state index is 11.8. The number of ketones is 1. The van der Waals surface area contributed by atoms with Crippen molar-refractivity contribution in [1.82, 2.24) is 0 Å². The van der Waals surface area contributed by atoms with Crippen molar-refractivity contribution in [3.63, 3.8) is 0 Å². The van der Waals surface area contributed by atoms with Crippen molar-refractivity contribution in [2.45, 2.75) is 32.6 Å². The fraction of sp³-hybridized carbons (Fsp3) is 0.500. The summed E-state index contributed by atoms with van der Waals surface area (Å²) in [5, 5.41) is 1.15. The van der Waals surface area contributed by atoms with Crippen molar-refractivity contribution >= 4 is 29.0 Å². The van der Waals surface area contributed by atoms with Gasteiger partial charge in [0.2, 0.25) is 0 Å². The summed E-state index contributed by atoms with van der Waals surface area (Å²) in [6, 6.07) is 5.24. The Hall–Kier alpha value is -0.570. The van der Waals surface area contributed by atoms with E-state index in [1.54, 1.807) is 12.1 Å². The highest BCUT2D eigenvalue weighted by atomic mass is 35.5. The number of hydrogen-bond acceptors (Lipinski definition) is 2. The lowest BCUT2D eigenvalue weighted by atomic mass is 9.98. The van der Waals surface area contributed by atoms with Crippen LogP contribution in [0.3, 0.4) is 0 Å². The van der Waals surface area contributed by atoms with Crippen molar-refractivity contribution in [2.24, 2.45) is 11.7 Å². The predicted molar refractivity (Wildman–Crippen MR) is 77.2 cm³/mol. The zero-order valence-electron chi connectivity index (χ0n) is 10.6. The maximum atomic E-state index is 11.8. The first-order chi connectivity index (χ1) is 8.52. The van der Waals surface area contributed by atoms with Gasteiger partial charge in [0.25, 0.3) is 0 Å². The first kappa shape index (κ1) is 15.5. The van der Waals surface area contributed by atoms with Gasteiger partial charge in [-0.05, 0) is 43.0 Å². The molecular formula is C14H19Cl2NO. The third kappa shape index (κ3) is 5.38. The van der Waals surface area contributed by atoms with E-state index in [2.05, 4.69) is 6.92 Å². The first-order valence-corrected chi connectivity index (χ1v) is 6.94. The standard InChI is InChI=1S/C14H19Cl2NO/c1-10(6-7-17)2-5-13(18)8-11-3-4-12(15)9-14(11)16/h3-4,9-10H,2,5-8,17H2,1H3. The van der Waals surface area contributed by atoms with Gasteiger partial charge >= 0.3 is 0 Å². The van der Waals surface area contributed by atoms with Gasteiger partial charge in [-0.15, -0.1) is 0 Å². The third-order valence-electron chi connectivity index (χ3n) is 2.98. The molecule has 0 aliphatic carbocycles. The summed E-state index contributed by atoms with van der Waals surface area (Å²) in [4.78, 5) is 11.8. The molecule has 100 valence electrons. The third-order valence-corrected chi connectivity index (χ3v) is 3.57. The summed E-state index contributed by atoms with van der Waals surface area (Å²) in [6.07, 6.45) is 2.82. The number of rotatable bonds is 7. The molecule has 1 aromatic rings.